The Kier molecular flexibility index (Phi) is 8.86. The van der Waals surface area contributed by atoms with E-state index in [4.69, 9.17) is 16.3 Å². The number of thiazole rings is 1. The number of esters is 1. The maximum Gasteiger partial charge on any atom is 0.338 e. The number of hydrazone groups is 1. The van der Waals surface area contributed by atoms with E-state index in [-0.39, 0.29) is 5.97 Å². The monoisotopic (exact) mass is 484 g/mol. The minimum Gasteiger partial charge on any atom is -0.462 e. The zero-order valence-corrected chi connectivity index (χ0v) is 21.0. The van der Waals surface area contributed by atoms with Crippen LogP contribution in [0.1, 0.15) is 43.1 Å². The number of benzene rings is 2. The Morgan fingerprint density at radius 3 is 2.61 bits per heavy atom. The van der Waals surface area contributed by atoms with Gasteiger partial charge in [0.1, 0.15) is 0 Å². The first-order chi connectivity index (χ1) is 16.0. The third-order valence-corrected chi connectivity index (χ3v) is 6.36. The highest BCUT2D eigenvalue weighted by molar-refractivity contribution is 7.14. The van der Waals surface area contributed by atoms with E-state index in [2.05, 4.69) is 28.8 Å². The number of halogens is 1. The largest absolute Gasteiger partial charge is 0.462 e. The molecule has 0 saturated carbocycles. The third kappa shape index (κ3) is 5.92. The first-order valence-corrected chi connectivity index (χ1v) is 12.3. The van der Waals surface area contributed by atoms with E-state index in [1.54, 1.807) is 17.3 Å². The van der Waals surface area contributed by atoms with Gasteiger partial charge in [-0.2, -0.15) is 5.10 Å². The molecule has 0 radical (unpaired) electrons. The number of aromatic nitrogens is 1. The zero-order valence-electron chi connectivity index (χ0n) is 19.4. The second-order valence-corrected chi connectivity index (χ2v) is 8.55. The van der Waals surface area contributed by atoms with Crippen molar-refractivity contribution in [2.75, 3.05) is 36.7 Å². The second kappa shape index (κ2) is 11.8. The van der Waals surface area contributed by atoms with Crippen LogP contribution < -0.4 is 9.91 Å². The van der Waals surface area contributed by atoms with Gasteiger partial charge in [-0.05, 0) is 38.5 Å². The van der Waals surface area contributed by atoms with E-state index < -0.39 is 0 Å². The molecular weight excluding hydrogens is 456 g/mol. The van der Waals surface area contributed by atoms with E-state index in [9.17, 15) is 4.79 Å². The second-order valence-electron chi connectivity index (χ2n) is 7.31. The van der Waals surface area contributed by atoms with Crippen LogP contribution >= 0.6 is 22.9 Å². The van der Waals surface area contributed by atoms with Crippen LogP contribution in [0.2, 0.25) is 5.02 Å². The van der Waals surface area contributed by atoms with Crippen LogP contribution in [0, 0.1) is 0 Å². The van der Waals surface area contributed by atoms with E-state index in [0.29, 0.717) is 17.2 Å². The topological polar surface area (TPSA) is 58.0 Å². The van der Waals surface area contributed by atoms with E-state index >= 15 is 0 Å². The molecule has 3 aromatic rings. The molecule has 0 atom stereocenters. The van der Waals surface area contributed by atoms with Crippen LogP contribution in [0.5, 0.6) is 0 Å². The molecule has 8 heteroatoms. The number of nitrogens with zero attached hydrogens (tertiary/aromatic N) is 4. The van der Waals surface area contributed by atoms with Crippen molar-refractivity contribution in [3.8, 4) is 11.3 Å². The Morgan fingerprint density at radius 1 is 1.15 bits per heavy atom. The summed E-state index contributed by atoms with van der Waals surface area (Å²) < 4.78 is 5.42. The lowest BCUT2D eigenvalue weighted by atomic mass is 10.0. The number of carbonyl (C=O) groups is 1. The van der Waals surface area contributed by atoms with Gasteiger partial charge in [-0.3, -0.25) is 0 Å². The summed E-state index contributed by atoms with van der Waals surface area (Å²) in [5.74, 6) is -0.342. The standard InChI is InChI=1S/C25H29ClN4O2S/c1-5-15-32-24(31)18-12-10-14-23(30(6-2)7-3)20(18)16-27-29(4)25-28-22(17-33-25)19-11-8-9-13-21(19)26/h8-14,16-17H,5-7,15H2,1-4H3/b27-16+. The summed E-state index contributed by atoms with van der Waals surface area (Å²) in [6.45, 7) is 8.16. The predicted octanol–water partition coefficient (Wildman–Crippen LogP) is 6.35. The Bertz CT molecular complexity index is 1110. The average molecular weight is 485 g/mol. The average Bonchev–Trinajstić information content (AvgIpc) is 3.32. The molecule has 33 heavy (non-hydrogen) atoms. The number of anilines is 2. The van der Waals surface area contributed by atoms with Gasteiger partial charge in [-0.15, -0.1) is 11.3 Å². The summed E-state index contributed by atoms with van der Waals surface area (Å²) in [5, 5.41) is 9.65. The normalized spacial score (nSPS) is 11.1. The molecule has 0 unspecified atom stereocenters. The van der Waals surface area contributed by atoms with Gasteiger partial charge in [-0.25, -0.2) is 14.8 Å². The summed E-state index contributed by atoms with van der Waals surface area (Å²) in [6.07, 6.45) is 2.48. The van der Waals surface area contributed by atoms with Gasteiger partial charge in [-0.1, -0.05) is 42.8 Å². The third-order valence-electron chi connectivity index (χ3n) is 5.12. The molecule has 0 amide bonds. The summed E-state index contributed by atoms with van der Waals surface area (Å²) in [7, 11) is 1.83. The highest BCUT2D eigenvalue weighted by atomic mass is 35.5. The first-order valence-electron chi connectivity index (χ1n) is 11.0. The molecule has 0 bridgehead atoms. The van der Waals surface area contributed by atoms with Crippen LogP contribution in [-0.4, -0.2) is 43.9 Å². The first kappa shape index (κ1) is 24.7. The molecular formula is C25H29ClN4O2S. The fourth-order valence-corrected chi connectivity index (χ4v) is 4.36. The Morgan fingerprint density at radius 2 is 1.91 bits per heavy atom. The highest BCUT2D eigenvalue weighted by Crippen LogP contribution is 2.31. The summed E-state index contributed by atoms with van der Waals surface area (Å²) >= 11 is 7.80. The molecule has 1 aromatic heterocycles. The molecule has 0 fully saturated rings. The van der Waals surface area contributed by atoms with Crippen LogP contribution in [-0.2, 0) is 4.74 Å². The van der Waals surface area contributed by atoms with E-state index in [1.165, 1.54) is 11.3 Å². The fraction of sp³-hybridized carbons (Fsp3) is 0.320. The van der Waals surface area contributed by atoms with Gasteiger partial charge in [0.2, 0.25) is 5.13 Å². The van der Waals surface area contributed by atoms with Crippen molar-refractivity contribution < 1.29 is 9.53 Å². The predicted molar refractivity (Wildman–Crippen MR) is 139 cm³/mol. The van der Waals surface area contributed by atoms with Crippen molar-refractivity contribution in [2.45, 2.75) is 27.2 Å². The Labute approximate surface area is 204 Å². The summed E-state index contributed by atoms with van der Waals surface area (Å²) in [6, 6.07) is 13.3. The van der Waals surface area contributed by atoms with E-state index in [1.807, 2.05) is 55.7 Å². The van der Waals surface area contributed by atoms with Crippen LogP contribution in [0.15, 0.2) is 52.9 Å². The fourth-order valence-electron chi connectivity index (χ4n) is 3.38. The highest BCUT2D eigenvalue weighted by Gasteiger charge is 2.18. The van der Waals surface area contributed by atoms with Crippen molar-refractivity contribution >= 4 is 45.9 Å². The molecule has 3 rings (SSSR count). The van der Waals surface area contributed by atoms with Crippen molar-refractivity contribution in [1.29, 1.82) is 0 Å². The molecule has 0 spiro atoms. The van der Waals surface area contributed by atoms with Crippen LogP contribution in [0.4, 0.5) is 10.8 Å². The quantitative estimate of drug-likeness (QED) is 0.191. The maximum atomic E-state index is 12.7. The number of hydrogen-bond acceptors (Lipinski definition) is 7. The van der Waals surface area contributed by atoms with Gasteiger partial charge in [0, 0.05) is 47.4 Å². The SMILES string of the molecule is CCCOC(=O)c1cccc(N(CC)CC)c1/C=N/N(C)c1nc(-c2ccccc2Cl)cs1. The molecule has 0 aliphatic carbocycles. The molecule has 6 nitrogen and oxygen atoms in total. The Hall–Kier alpha value is -2.90. The van der Waals surface area contributed by atoms with Gasteiger partial charge >= 0.3 is 5.97 Å². The molecule has 174 valence electrons. The smallest absolute Gasteiger partial charge is 0.338 e. The summed E-state index contributed by atoms with van der Waals surface area (Å²) in [5.41, 5.74) is 3.86. The van der Waals surface area contributed by atoms with E-state index in [0.717, 1.165) is 47.2 Å². The summed E-state index contributed by atoms with van der Waals surface area (Å²) in [4.78, 5) is 19.6. The van der Waals surface area contributed by atoms with Crippen molar-refractivity contribution in [2.24, 2.45) is 5.10 Å². The maximum absolute atomic E-state index is 12.7. The Balaban J connectivity index is 1.93. The molecule has 2 aromatic carbocycles. The van der Waals surface area contributed by atoms with Gasteiger partial charge in [0.05, 0.1) is 24.1 Å². The molecule has 0 saturated heterocycles. The van der Waals surface area contributed by atoms with Gasteiger partial charge < -0.3 is 9.64 Å². The minimum atomic E-state index is -0.342. The molecule has 0 N–H and O–H groups in total. The molecule has 0 aliphatic heterocycles. The lowest BCUT2D eigenvalue weighted by molar-refractivity contribution is 0.0505. The minimum absolute atomic E-state index is 0.342. The van der Waals surface area contributed by atoms with Crippen molar-refractivity contribution in [1.82, 2.24) is 4.98 Å². The number of hydrogen-bond donors (Lipinski definition) is 0. The number of carbonyl (C=O) groups excluding carboxylic acids is 1. The number of ether oxygens (including phenoxy) is 1. The molecule has 0 aliphatic rings. The van der Waals surface area contributed by atoms with Crippen molar-refractivity contribution in [3.05, 3.63) is 64.0 Å². The number of rotatable bonds is 10. The lowest BCUT2D eigenvalue weighted by Gasteiger charge is -2.24. The van der Waals surface area contributed by atoms with Crippen molar-refractivity contribution in [3.63, 3.8) is 0 Å². The van der Waals surface area contributed by atoms with Gasteiger partial charge in [0.15, 0.2) is 0 Å². The van der Waals surface area contributed by atoms with Gasteiger partial charge in [0.25, 0.3) is 0 Å². The van der Waals surface area contributed by atoms with Crippen LogP contribution in [0.3, 0.4) is 0 Å². The zero-order chi connectivity index (χ0) is 23.8. The molecule has 1 heterocycles. The van der Waals surface area contributed by atoms with Crippen LogP contribution in [0.25, 0.3) is 11.3 Å². The lowest BCUT2D eigenvalue weighted by Crippen LogP contribution is -2.24.